The Labute approximate surface area is 146 Å². The Morgan fingerprint density at radius 2 is 1.50 bits per heavy atom. The van der Waals surface area contributed by atoms with E-state index in [-0.39, 0.29) is 11.5 Å². The fourth-order valence-electron chi connectivity index (χ4n) is 1.13. The van der Waals surface area contributed by atoms with Gasteiger partial charge in [-0.25, -0.2) is 0 Å². The molecule has 0 aliphatic rings. The van der Waals surface area contributed by atoms with Crippen LogP contribution in [0.3, 0.4) is 0 Å². The molecule has 0 atom stereocenters. The third-order valence-electron chi connectivity index (χ3n) is 1.88. The molecule has 0 bridgehead atoms. The number of aliphatic carboxylic acids is 2. The summed E-state index contributed by atoms with van der Waals surface area (Å²) in [5, 5.41) is 17.1. The molecule has 11 heteroatoms. The van der Waals surface area contributed by atoms with Crippen LogP contribution in [0.4, 0.5) is 4.79 Å². The number of carboxylic acid groups (broad SMARTS) is 2. The van der Waals surface area contributed by atoms with E-state index in [0.717, 1.165) is 20.0 Å². The molecule has 0 radical (unpaired) electrons. The molecule has 0 fully saturated rings. The molecule has 0 unspecified atom stereocenters. The second-order valence-electron chi connectivity index (χ2n) is 3.57. The number of benzene rings is 1. The van der Waals surface area contributed by atoms with E-state index in [1.54, 1.807) is 0 Å². The quantitative estimate of drug-likeness (QED) is 0.390. The topological polar surface area (TPSA) is 118 Å². The van der Waals surface area contributed by atoms with Crippen LogP contribution in [0.15, 0.2) is 29.2 Å². The molecule has 0 aliphatic carbocycles. The van der Waals surface area contributed by atoms with Gasteiger partial charge in [-0.3, -0.25) is 0 Å². The molecular formula is C11H12AsNO5S4. The van der Waals surface area contributed by atoms with Gasteiger partial charge in [-0.05, 0) is 0 Å². The number of carbonyl (C=O) groups is 3. The van der Waals surface area contributed by atoms with E-state index in [9.17, 15) is 14.4 Å². The number of nitrogens with two attached hydrogens (primary N) is 1. The summed E-state index contributed by atoms with van der Waals surface area (Å²) in [6, 6.07) is 7.35. The van der Waals surface area contributed by atoms with Gasteiger partial charge in [0.2, 0.25) is 0 Å². The Kier molecular flexibility index (Phi) is 9.26. The van der Waals surface area contributed by atoms with E-state index in [4.69, 9.17) is 15.9 Å². The predicted molar refractivity (Wildman–Crippen MR) is 95.0 cm³/mol. The van der Waals surface area contributed by atoms with Crippen molar-refractivity contribution in [2.75, 3.05) is 11.5 Å². The van der Waals surface area contributed by atoms with Crippen molar-refractivity contribution in [3.8, 4) is 0 Å². The van der Waals surface area contributed by atoms with Crippen molar-refractivity contribution in [2.24, 2.45) is 5.73 Å². The average Bonchev–Trinajstić information content (AvgIpc) is 2.45. The summed E-state index contributed by atoms with van der Waals surface area (Å²) in [6.07, 6.45) is 0. The Balaban J connectivity index is 2.72. The summed E-state index contributed by atoms with van der Waals surface area (Å²) in [5.74, 6) is -1.91. The summed E-state index contributed by atoms with van der Waals surface area (Å²) >= 11 is -1.88. The van der Waals surface area contributed by atoms with Crippen LogP contribution in [0.2, 0.25) is 0 Å². The number of carboxylic acids is 2. The second-order valence-corrected chi connectivity index (χ2v) is 17.3. The number of rotatable bonds is 9. The summed E-state index contributed by atoms with van der Waals surface area (Å²) in [4.78, 5) is 33.0. The first-order chi connectivity index (χ1) is 10.4. The molecule has 0 aliphatic heterocycles. The fourth-order valence-corrected chi connectivity index (χ4v) is 13.4. The Hall–Kier alpha value is -0.412. The number of amides is 1. The monoisotopic (exact) mass is 441 g/mol. The molecule has 1 aromatic rings. The van der Waals surface area contributed by atoms with Crippen LogP contribution < -0.4 is 10.1 Å². The van der Waals surface area contributed by atoms with Crippen LogP contribution in [0.5, 0.6) is 0 Å². The standard InChI is InChI=1S/C11H12AsNO5S4/c13-11(18)22-21-8-3-1-7(2-4-8)12(19-5-9(14)15)20-6-10(16)17/h1-4H,5-6H2,(H2,13,18)(H,14,15)(H,16,17). The van der Waals surface area contributed by atoms with E-state index in [0.29, 0.717) is 0 Å². The first-order valence-electron chi connectivity index (χ1n) is 5.62. The van der Waals surface area contributed by atoms with Crippen molar-refractivity contribution >= 4 is 75.5 Å². The zero-order valence-corrected chi connectivity index (χ0v) is 16.1. The van der Waals surface area contributed by atoms with Crippen molar-refractivity contribution in [3.63, 3.8) is 0 Å². The third kappa shape index (κ3) is 8.28. The van der Waals surface area contributed by atoms with Crippen molar-refractivity contribution in [1.29, 1.82) is 0 Å². The number of hydrogen-bond acceptors (Lipinski definition) is 7. The van der Waals surface area contributed by atoms with Gasteiger partial charge < -0.3 is 0 Å². The molecule has 0 aromatic heterocycles. The maximum absolute atomic E-state index is 10.7. The van der Waals surface area contributed by atoms with Crippen molar-refractivity contribution in [2.45, 2.75) is 4.90 Å². The minimum absolute atomic E-state index is 0.0410. The predicted octanol–water partition coefficient (Wildman–Crippen LogP) is 1.84. The van der Waals surface area contributed by atoms with E-state index in [1.165, 1.54) is 30.8 Å². The number of carbonyl (C=O) groups excluding carboxylic acids is 1. The van der Waals surface area contributed by atoms with Crippen LogP contribution >= 0.6 is 41.6 Å². The second kappa shape index (κ2) is 10.4. The van der Waals surface area contributed by atoms with Gasteiger partial charge in [0, 0.05) is 0 Å². The maximum atomic E-state index is 10.7. The SMILES string of the molecule is NC(=O)SSc1ccc([As](SCC(=O)O)SCC(=O)O)cc1. The van der Waals surface area contributed by atoms with Crippen molar-refractivity contribution in [3.05, 3.63) is 24.3 Å². The zero-order valence-electron chi connectivity index (χ0n) is 11.0. The summed E-state index contributed by atoms with van der Waals surface area (Å²) in [6.45, 7) is 0. The molecule has 0 saturated carbocycles. The summed E-state index contributed by atoms with van der Waals surface area (Å²) < 4.78 is 0.971. The Morgan fingerprint density at radius 3 is 1.91 bits per heavy atom. The molecular weight excluding hydrogens is 429 g/mol. The van der Waals surface area contributed by atoms with Gasteiger partial charge in [0.25, 0.3) is 0 Å². The van der Waals surface area contributed by atoms with Gasteiger partial charge in [0.05, 0.1) is 0 Å². The molecule has 4 N–H and O–H groups in total. The van der Waals surface area contributed by atoms with Crippen LogP contribution in [0.1, 0.15) is 0 Å². The fraction of sp³-hybridized carbons (Fsp3) is 0.182. The first kappa shape index (κ1) is 19.6. The van der Waals surface area contributed by atoms with Crippen molar-refractivity contribution < 1.29 is 24.6 Å². The third-order valence-corrected chi connectivity index (χ3v) is 16.7. The van der Waals surface area contributed by atoms with Gasteiger partial charge in [-0.1, -0.05) is 0 Å². The van der Waals surface area contributed by atoms with Gasteiger partial charge in [-0.15, -0.1) is 0 Å². The van der Waals surface area contributed by atoms with Gasteiger partial charge >= 0.3 is 147 Å². The van der Waals surface area contributed by atoms with E-state index >= 15 is 0 Å². The summed E-state index contributed by atoms with van der Waals surface area (Å²) in [5.41, 5.74) is 5.05. The molecule has 0 saturated heterocycles. The molecule has 1 aromatic carbocycles. The minimum atomic E-state index is -1.88. The molecule has 0 spiro atoms. The normalized spacial score (nSPS) is 10.6. The molecule has 0 heterocycles. The van der Waals surface area contributed by atoms with E-state index < -0.39 is 29.5 Å². The van der Waals surface area contributed by atoms with E-state index in [1.807, 2.05) is 24.3 Å². The van der Waals surface area contributed by atoms with Crippen LogP contribution in [0.25, 0.3) is 0 Å². The number of primary amides is 1. The molecule has 6 nitrogen and oxygen atoms in total. The van der Waals surface area contributed by atoms with Crippen LogP contribution in [-0.4, -0.2) is 51.2 Å². The van der Waals surface area contributed by atoms with Crippen molar-refractivity contribution in [1.82, 2.24) is 0 Å². The van der Waals surface area contributed by atoms with E-state index in [2.05, 4.69) is 0 Å². The van der Waals surface area contributed by atoms with Gasteiger partial charge in [0.1, 0.15) is 0 Å². The van der Waals surface area contributed by atoms with Crippen LogP contribution in [0, 0.1) is 0 Å². The first-order valence-corrected chi connectivity index (χ1v) is 15.2. The molecule has 120 valence electrons. The Morgan fingerprint density at radius 1 is 1.00 bits per heavy atom. The zero-order chi connectivity index (χ0) is 16.5. The summed E-state index contributed by atoms with van der Waals surface area (Å²) in [7, 11) is 4.79. The Bertz CT molecular complexity index is 524. The van der Waals surface area contributed by atoms with Gasteiger partial charge in [0.15, 0.2) is 0 Å². The average molecular weight is 441 g/mol. The molecule has 22 heavy (non-hydrogen) atoms. The molecule has 1 rings (SSSR count). The molecule has 1 amide bonds. The number of hydrogen-bond donors (Lipinski definition) is 3. The van der Waals surface area contributed by atoms with Gasteiger partial charge in [-0.2, -0.15) is 0 Å². The van der Waals surface area contributed by atoms with Crippen LogP contribution in [-0.2, 0) is 9.59 Å².